The van der Waals surface area contributed by atoms with Crippen LogP contribution in [-0.2, 0) is 16.0 Å². The van der Waals surface area contributed by atoms with Crippen LogP contribution in [0.3, 0.4) is 0 Å². The SMILES string of the molecule is CC(C)(Cc1ccccc1)C(=O)NCCCCCC(=O)O. The molecule has 0 atom stereocenters. The first-order chi connectivity index (χ1) is 9.92. The number of carbonyl (C=O) groups excluding carboxylic acids is 1. The van der Waals surface area contributed by atoms with Gasteiger partial charge in [0.05, 0.1) is 0 Å². The largest absolute Gasteiger partial charge is 0.481 e. The van der Waals surface area contributed by atoms with Gasteiger partial charge in [-0.05, 0) is 24.8 Å². The molecule has 0 aliphatic carbocycles. The Morgan fingerprint density at radius 3 is 2.38 bits per heavy atom. The van der Waals surface area contributed by atoms with E-state index >= 15 is 0 Å². The second-order valence-electron chi connectivity index (χ2n) is 6.01. The lowest BCUT2D eigenvalue weighted by atomic mass is 9.85. The predicted molar refractivity (Wildman–Crippen MR) is 83.0 cm³/mol. The number of unbranched alkanes of at least 4 members (excludes halogenated alkanes) is 2. The molecule has 0 radical (unpaired) electrons. The minimum absolute atomic E-state index is 0.0459. The molecule has 2 N–H and O–H groups in total. The summed E-state index contributed by atoms with van der Waals surface area (Å²) >= 11 is 0. The molecule has 0 aliphatic heterocycles. The van der Waals surface area contributed by atoms with Crippen molar-refractivity contribution < 1.29 is 14.7 Å². The van der Waals surface area contributed by atoms with Crippen molar-refractivity contribution in [1.29, 1.82) is 0 Å². The molecule has 0 bridgehead atoms. The third kappa shape index (κ3) is 6.93. The maximum Gasteiger partial charge on any atom is 0.303 e. The molecule has 1 amide bonds. The minimum atomic E-state index is -0.761. The summed E-state index contributed by atoms with van der Waals surface area (Å²) in [6.07, 6.45) is 3.22. The lowest BCUT2D eigenvalue weighted by Crippen LogP contribution is -2.38. The van der Waals surface area contributed by atoms with Gasteiger partial charge in [0.25, 0.3) is 0 Å². The summed E-state index contributed by atoms with van der Waals surface area (Å²) in [5, 5.41) is 11.5. The average molecular weight is 291 g/mol. The van der Waals surface area contributed by atoms with Crippen molar-refractivity contribution in [2.45, 2.75) is 46.0 Å². The zero-order valence-corrected chi connectivity index (χ0v) is 12.9. The lowest BCUT2D eigenvalue weighted by Gasteiger charge is -2.23. The number of carbonyl (C=O) groups is 2. The Morgan fingerprint density at radius 2 is 1.76 bits per heavy atom. The van der Waals surface area contributed by atoms with Crippen LogP contribution in [0.5, 0.6) is 0 Å². The first-order valence-electron chi connectivity index (χ1n) is 7.46. The zero-order chi connectivity index (χ0) is 15.7. The standard InChI is InChI=1S/C17H25NO3/c1-17(2,13-14-9-5-3-6-10-14)16(21)18-12-8-4-7-11-15(19)20/h3,5-6,9-10H,4,7-8,11-13H2,1-2H3,(H,18,21)(H,19,20). The van der Waals surface area contributed by atoms with Gasteiger partial charge >= 0.3 is 5.97 Å². The Morgan fingerprint density at radius 1 is 1.10 bits per heavy atom. The molecule has 0 aliphatic rings. The van der Waals surface area contributed by atoms with E-state index < -0.39 is 11.4 Å². The van der Waals surface area contributed by atoms with Gasteiger partial charge in [0.1, 0.15) is 0 Å². The average Bonchev–Trinajstić information content (AvgIpc) is 2.42. The highest BCUT2D eigenvalue weighted by atomic mass is 16.4. The fourth-order valence-corrected chi connectivity index (χ4v) is 2.21. The van der Waals surface area contributed by atoms with Crippen LogP contribution in [0.4, 0.5) is 0 Å². The van der Waals surface area contributed by atoms with Gasteiger partial charge in [-0.15, -0.1) is 0 Å². The summed E-state index contributed by atoms with van der Waals surface area (Å²) in [5.41, 5.74) is 0.710. The van der Waals surface area contributed by atoms with E-state index in [0.717, 1.165) is 18.4 Å². The van der Waals surface area contributed by atoms with Gasteiger partial charge in [-0.1, -0.05) is 50.6 Å². The van der Waals surface area contributed by atoms with Crippen LogP contribution in [0.2, 0.25) is 0 Å². The van der Waals surface area contributed by atoms with Gasteiger partial charge < -0.3 is 10.4 Å². The number of aliphatic carboxylic acids is 1. The molecule has 0 heterocycles. The molecule has 0 saturated carbocycles. The van der Waals surface area contributed by atoms with Gasteiger partial charge in [-0.3, -0.25) is 9.59 Å². The van der Waals surface area contributed by atoms with Gasteiger partial charge in [0.2, 0.25) is 5.91 Å². The van der Waals surface area contributed by atoms with Gasteiger partial charge in [-0.2, -0.15) is 0 Å². The van der Waals surface area contributed by atoms with E-state index in [4.69, 9.17) is 5.11 Å². The third-order valence-corrected chi connectivity index (χ3v) is 3.46. The number of hydrogen-bond acceptors (Lipinski definition) is 2. The van der Waals surface area contributed by atoms with Crippen LogP contribution in [0.1, 0.15) is 45.1 Å². The van der Waals surface area contributed by atoms with Crippen molar-refractivity contribution in [3.8, 4) is 0 Å². The molecule has 0 saturated heterocycles. The van der Waals surface area contributed by atoms with Crippen LogP contribution < -0.4 is 5.32 Å². The Kier molecular flexibility index (Phi) is 6.92. The molecule has 1 aromatic rings. The highest BCUT2D eigenvalue weighted by molar-refractivity contribution is 5.82. The van der Waals surface area contributed by atoms with Crippen LogP contribution in [0.25, 0.3) is 0 Å². The molecular weight excluding hydrogens is 266 g/mol. The van der Waals surface area contributed by atoms with Crippen LogP contribution in [0.15, 0.2) is 30.3 Å². The molecule has 0 fully saturated rings. The van der Waals surface area contributed by atoms with Gasteiger partial charge in [0.15, 0.2) is 0 Å². The Balaban J connectivity index is 2.28. The summed E-state index contributed by atoms with van der Waals surface area (Å²) in [4.78, 5) is 22.6. The van der Waals surface area contributed by atoms with Crippen molar-refractivity contribution in [3.05, 3.63) is 35.9 Å². The van der Waals surface area contributed by atoms with Crippen LogP contribution >= 0.6 is 0 Å². The molecular formula is C17H25NO3. The number of nitrogens with one attached hydrogen (secondary N) is 1. The van der Waals surface area contributed by atoms with E-state index in [1.165, 1.54) is 0 Å². The van der Waals surface area contributed by atoms with E-state index in [1.807, 2.05) is 44.2 Å². The summed E-state index contributed by atoms with van der Waals surface area (Å²) in [6, 6.07) is 9.98. The fraction of sp³-hybridized carbons (Fsp3) is 0.529. The monoisotopic (exact) mass is 291 g/mol. The van der Waals surface area contributed by atoms with E-state index in [9.17, 15) is 9.59 Å². The Bertz CT molecular complexity index is 454. The number of amides is 1. The molecule has 116 valence electrons. The Hall–Kier alpha value is -1.84. The predicted octanol–water partition coefficient (Wildman–Crippen LogP) is 3.02. The first kappa shape index (κ1) is 17.2. The molecule has 1 rings (SSSR count). The molecule has 0 unspecified atom stereocenters. The number of hydrogen-bond donors (Lipinski definition) is 2. The smallest absolute Gasteiger partial charge is 0.303 e. The van der Waals surface area contributed by atoms with Crippen molar-refractivity contribution in [2.24, 2.45) is 5.41 Å². The first-order valence-corrected chi connectivity index (χ1v) is 7.46. The summed E-state index contributed by atoms with van der Waals surface area (Å²) in [7, 11) is 0. The van der Waals surface area contributed by atoms with Crippen molar-refractivity contribution in [3.63, 3.8) is 0 Å². The number of carboxylic acids is 1. The van der Waals surface area contributed by atoms with E-state index in [-0.39, 0.29) is 12.3 Å². The second kappa shape index (κ2) is 8.45. The molecule has 0 aromatic heterocycles. The summed E-state index contributed by atoms with van der Waals surface area (Å²) in [5.74, 6) is -0.715. The molecule has 0 spiro atoms. The van der Waals surface area contributed by atoms with E-state index in [2.05, 4.69) is 5.32 Å². The van der Waals surface area contributed by atoms with Crippen molar-refractivity contribution >= 4 is 11.9 Å². The number of carboxylic acid groups (broad SMARTS) is 1. The van der Waals surface area contributed by atoms with Gasteiger partial charge in [-0.25, -0.2) is 0 Å². The van der Waals surface area contributed by atoms with E-state index in [1.54, 1.807) is 0 Å². The van der Waals surface area contributed by atoms with Crippen molar-refractivity contribution in [2.75, 3.05) is 6.54 Å². The molecule has 1 aromatic carbocycles. The highest BCUT2D eigenvalue weighted by Crippen LogP contribution is 2.21. The summed E-state index contributed by atoms with van der Waals surface area (Å²) < 4.78 is 0. The molecule has 4 heteroatoms. The summed E-state index contributed by atoms with van der Waals surface area (Å²) in [6.45, 7) is 4.50. The van der Waals surface area contributed by atoms with Crippen LogP contribution in [-0.4, -0.2) is 23.5 Å². The quantitative estimate of drug-likeness (QED) is 0.687. The maximum atomic E-state index is 12.2. The zero-order valence-electron chi connectivity index (χ0n) is 12.9. The normalized spacial score (nSPS) is 11.1. The topological polar surface area (TPSA) is 66.4 Å². The molecule has 21 heavy (non-hydrogen) atoms. The Labute approximate surface area is 126 Å². The van der Waals surface area contributed by atoms with Crippen LogP contribution in [0, 0.1) is 5.41 Å². The second-order valence-corrected chi connectivity index (χ2v) is 6.01. The minimum Gasteiger partial charge on any atom is -0.481 e. The highest BCUT2D eigenvalue weighted by Gasteiger charge is 2.27. The van der Waals surface area contributed by atoms with E-state index in [0.29, 0.717) is 19.4 Å². The van der Waals surface area contributed by atoms with Gasteiger partial charge in [0, 0.05) is 18.4 Å². The number of benzene rings is 1. The fourth-order valence-electron chi connectivity index (χ4n) is 2.21. The lowest BCUT2D eigenvalue weighted by molar-refractivity contribution is -0.137. The van der Waals surface area contributed by atoms with Crippen molar-refractivity contribution in [1.82, 2.24) is 5.32 Å². The molecule has 4 nitrogen and oxygen atoms in total. The maximum absolute atomic E-state index is 12.2. The number of rotatable bonds is 9. The third-order valence-electron chi connectivity index (χ3n) is 3.46.